The van der Waals surface area contributed by atoms with Crippen LogP contribution in [0.25, 0.3) is 0 Å². The van der Waals surface area contributed by atoms with E-state index < -0.39 is 0 Å². The van der Waals surface area contributed by atoms with Gasteiger partial charge in [-0.25, -0.2) is 4.98 Å². The minimum absolute atomic E-state index is 0.197. The summed E-state index contributed by atoms with van der Waals surface area (Å²) in [7, 11) is 0. The van der Waals surface area contributed by atoms with Crippen molar-refractivity contribution >= 4 is 17.4 Å². The fourth-order valence-electron chi connectivity index (χ4n) is 4.55. The Morgan fingerprint density at radius 2 is 1.61 bits per heavy atom. The number of rotatable bonds is 6. The highest BCUT2D eigenvalue weighted by atomic mass is 16.1. The molecule has 0 spiro atoms. The number of piperidine rings is 2. The largest absolute Gasteiger partial charge is 0.356 e. The lowest BCUT2D eigenvalue weighted by Crippen LogP contribution is -2.50. The van der Waals surface area contributed by atoms with Crippen LogP contribution in [0.1, 0.15) is 50.0 Å². The summed E-state index contributed by atoms with van der Waals surface area (Å²) in [5, 5.41) is 6.78. The number of anilines is 2. The molecule has 0 radical (unpaired) electrons. The summed E-state index contributed by atoms with van der Waals surface area (Å²) < 4.78 is 0. The quantitative estimate of drug-likeness (QED) is 0.745. The number of likely N-dealkylation sites (tertiary alicyclic amines) is 1. The molecule has 4 rings (SSSR count). The SMILES string of the molecule is CC(C)N1CCC(NC2CCN(c3cccc(C(=O)Nc4ccncc4)n3)CC2)CC1. The van der Waals surface area contributed by atoms with Gasteiger partial charge in [0.25, 0.3) is 5.91 Å². The van der Waals surface area contributed by atoms with Crippen LogP contribution in [0.3, 0.4) is 0 Å². The third-order valence-corrected chi connectivity index (χ3v) is 6.46. The summed E-state index contributed by atoms with van der Waals surface area (Å²) >= 11 is 0. The molecule has 2 aliphatic rings. The lowest BCUT2D eigenvalue weighted by atomic mass is 9.99. The first kappa shape index (κ1) is 21.7. The van der Waals surface area contributed by atoms with Crippen LogP contribution in [0.2, 0.25) is 0 Å². The van der Waals surface area contributed by atoms with E-state index in [9.17, 15) is 4.79 Å². The van der Waals surface area contributed by atoms with Crippen LogP contribution in [-0.4, -0.2) is 65.1 Å². The molecule has 166 valence electrons. The highest BCUT2D eigenvalue weighted by Gasteiger charge is 2.26. The summed E-state index contributed by atoms with van der Waals surface area (Å²) in [6.07, 6.45) is 8.03. The van der Waals surface area contributed by atoms with Crippen molar-refractivity contribution in [2.45, 2.75) is 57.7 Å². The minimum atomic E-state index is -0.197. The van der Waals surface area contributed by atoms with Gasteiger partial charge in [-0.2, -0.15) is 0 Å². The van der Waals surface area contributed by atoms with Crippen LogP contribution in [-0.2, 0) is 0 Å². The molecule has 4 heterocycles. The van der Waals surface area contributed by atoms with Crippen molar-refractivity contribution < 1.29 is 4.79 Å². The molecule has 0 saturated carbocycles. The van der Waals surface area contributed by atoms with Crippen LogP contribution in [0.15, 0.2) is 42.7 Å². The van der Waals surface area contributed by atoms with Crippen molar-refractivity contribution in [1.82, 2.24) is 20.2 Å². The van der Waals surface area contributed by atoms with Crippen molar-refractivity contribution in [3.05, 3.63) is 48.4 Å². The highest BCUT2D eigenvalue weighted by molar-refractivity contribution is 6.03. The smallest absolute Gasteiger partial charge is 0.274 e. The van der Waals surface area contributed by atoms with Crippen molar-refractivity contribution in [2.75, 3.05) is 36.4 Å². The van der Waals surface area contributed by atoms with Gasteiger partial charge >= 0.3 is 0 Å². The van der Waals surface area contributed by atoms with Gasteiger partial charge in [0.05, 0.1) is 0 Å². The fourth-order valence-corrected chi connectivity index (χ4v) is 4.55. The third kappa shape index (κ3) is 5.80. The molecule has 0 atom stereocenters. The summed E-state index contributed by atoms with van der Waals surface area (Å²) in [6, 6.07) is 11.1. The second kappa shape index (κ2) is 10.2. The molecule has 1 amide bonds. The van der Waals surface area contributed by atoms with Crippen LogP contribution < -0.4 is 15.5 Å². The summed E-state index contributed by atoms with van der Waals surface area (Å²) in [4.78, 5) is 26.0. The maximum Gasteiger partial charge on any atom is 0.274 e. The molecule has 0 bridgehead atoms. The van der Waals surface area contributed by atoms with Crippen molar-refractivity contribution in [2.24, 2.45) is 0 Å². The molecular formula is C24H34N6O. The average molecular weight is 423 g/mol. The molecule has 7 nitrogen and oxygen atoms in total. The zero-order valence-electron chi connectivity index (χ0n) is 18.6. The molecule has 0 aromatic carbocycles. The molecule has 2 aliphatic heterocycles. The number of amides is 1. The Bertz CT molecular complexity index is 842. The molecule has 2 aromatic heterocycles. The van der Waals surface area contributed by atoms with Gasteiger partial charge in [-0.3, -0.25) is 9.78 Å². The van der Waals surface area contributed by atoms with Crippen molar-refractivity contribution in [3.63, 3.8) is 0 Å². The Hall–Kier alpha value is -2.51. The van der Waals surface area contributed by atoms with Crippen molar-refractivity contribution in [1.29, 1.82) is 0 Å². The van der Waals surface area contributed by atoms with Crippen molar-refractivity contribution in [3.8, 4) is 0 Å². The standard InChI is InChI=1S/C24H34N6O/c1-18(2)29-14-8-20(9-15-29)26-21-10-16-30(17-11-21)23-5-3-4-22(28-23)24(31)27-19-6-12-25-13-7-19/h3-7,12-13,18,20-21,26H,8-11,14-17H2,1-2H3,(H,25,27,31). The molecule has 2 saturated heterocycles. The van der Waals surface area contributed by atoms with Gasteiger partial charge in [0.2, 0.25) is 0 Å². The van der Waals surface area contributed by atoms with E-state index in [1.165, 1.54) is 25.9 Å². The first-order chi connectivity index (χ1) is 15.1. The molecule has 2 fully saturated rings. The van der Waals surface area contributed by atoms with Crippen LogP contribution in [0.4, 0.5) is 11.5 Å². The Morgan fingerprint density at radius 1 is 0.968 bits per heavy atom. The van der Waals surface area contributed by atoms with Gasteiger partial charge in [0.15, 0.2) is 0 Å². The van der Waals surface area contributed by atoms with Gasteiger partial charge in [-0.05, 0) is 76.9 Å². The number of nitrogens with zero attached hydrogens (tertiary/aromatic N) is 4. The number of carbonyl (C=O) groups excluding carboxylic acids is 1. The topological polar surface area (TPSA) is 73.4 Å². The first-order valence-electron chi connectivity index (χ1n) is 11.5. The Kier molecular flexibility index (Phi) is 7.14. The van der Waals surface area contributed by atoms with Crippen LogP contribution in [0, 0.1) is 0 Å². The second-order valence-electron chi connectivity index (χ2n) is 8.90. The van der Waals surface area contributed by atoms with Gasteiger partial charge in [0.1, 0.15) is 11.5 Å². The number of nitrogens with one attached hydrogen (secondary N) is 2. The average Bonchev–Trinajstić information content (AvgIpc) is 2.81. The minimum Gasteiger partial charge on any atom is -0.356 e. The third-order valence-electron chi connectivity index (χ3n) is 6.46. The number of pyridine rings is 2. The Balaban J connectivity index is 1.27. The van der Waals surface area contributed by atoms with Gasteiger partial charge in [0, 0.05) is 49.3 Å². The number of hydrogen-bond donors (Lipinski definition) is 2. The molecule has 2 aromatic rings. The van der Waals surface area contributed by atoms with E-state index >= 15 is 0 Å². The number of carbonyl (C=O) groups is 1. The maximum absolute atomic E-state index is 12.6. The van der Waals surface area contributed by atoms with Gasteiger partial charge in [-0.15, -0.1) is 0 Å². The maximum atomic E-state index is 12.6. The monoisotopic (exact) mass is 422 g/mol. The Morgan fingerprint density at radius 3 is 2.26 bits per heavy atom. The van der Waals surface area contributed by atoms with E-state index in [4.69, 9.17) is 0 Å². The fraction of sp³-hybridized carbons (Fsp3) is 0.542. The lowest BCUT2D eigenvalue weighted by molar-refractivity contribution is 0.102. The zero-order valence-corrected chi connectivity index (χ0v) is 18.6. The van der Waals surface area contributed by atoms with Gasteiger partial charge < -0.3 is 20.4 Å². The zero-order chi connectivity index (χ0) is 21.6. The Labute approximate surface area is 185 Å². The van der Waals surface area contributed by atoms with Gasteiger partial charge in [-0.1, -0.05) is 6.07 Å². The molecular weight excluding hydrogens is 388 g/mol. The number of aromatic nitrogens is 2. The molecule has 2 N–H and O–H groups in total. The van der Waals surface area contributed by atoms with E-state index in [1.54, 1.807) is 30.6 Å². The van der Waals surface area contributed by atoms with E-state index in [0.717, 1.165) is 37.4 Å². The molecule has 7 heteroatoms. The van der Waals surface area contributed by atoms with Crippen LogP contribution in [0.5, 0.6) is 0 Å². The van der Waals surface area contributed by atoms with E-state index in [1.807, 2.05) is 12.1 Å². The summed E-state index contributed by atoms with van der Waals surface area (Å²) in [5.41, 5.74) is 1.16. The summed E-state index contributed by atoms with van der Waals surface area (Å²) in [5.74, 6) is 0.684. The molecule has 0 unspecified atom stereocenters. The normalized spacial score (nSPS) is 19.0. The van der Waals surface area contributed by atoms with E-state index in [-0.39, 0.29) is 5.91 Å². The molecule has 0 aliphatic carbocycles. The number of hydrogen-bond acceptors (Lipinski definition) is 6. The lowest BCUT2D eigenvalue weighted by Gasteiger charge is -2.39. The predicted octanol–water partition coefficient (Wildman–Crippen LogP) is 3.16. The molecule has 31 heavy (non-hydrogen) atoms. The van der Waals surface area contributed by atoms with Crippen LogP contribution >= 0.6 is 0 Å². The first-order valence-corrected chi connectivity index (χ1v) is 11.5. The summed E-state index contributed by atoms with van der Waals surface area (Å²) in [6.45, 7) is 8.90. The predicted molar refractivity (Wildman–Crippen MR) is 125 cm³/mol. The van der Waals surface area contributed by atoms with E-state index in [0.29, 0.717) is 23.8 Å². The van der Waals surface area contributed by atoms with E-state index in [2.05, 4.69) is 44.2 Å². The second-order valence-corrected chi connectivity index (χ2v) is 8.90. The highest BCUT2D eigenvalue weighted by Crippen LogP contribution is 2.21.